The minimum atomic E-state index is 0.152. The fourth-order valence-corrected chi connectivity index (χ4v) is 1.15. The number of H-pyrrole nitrogens is 1. The van der Waals surface area contributed by atoms with Crippen LogP contribution >= 0.6 is 0 Å². The Kier molecular flexibility index (Phi) is 3.43. The molecule has 2 heterocycles. The van der Waals surface area contributed by atoms with Crippen molar-refractivity contribution in [2.24, 2.45) is 0 Å². The van der Waals surface area contributed by atoms with Crippen molar-refractivity contribution in [3.8, 4) is 0 Å². The number of aromatic nitrogens is 4. The van der Waals surface area contributed by atoms with E-state index >= 15 is 0 Å². The molecule has 0 atom stereocenters. The lowest BCUT2D eigenvalue weighted by atomic mass is 10.5. The number of nitrogens with one attached hydrogen (secondary N) is 1. The zero-order valence-electron chi connectivity index (χ0n) is 9.20. The van der Waals surface area contributed by atoms with Gasteiger partial charge in [-0.2, -0.15) is 9.97 Å². The Hall–Kier alpha value is -1.85. The highest BCUT2D eigenvalue weighted by Crippen LogP contribution is 2.15. The summed E-state index contributed by atoms with van der Waals surface area (Å²) in [6, 6.07) is 0. The van der Waals surface area contributed by atoms with Gasteiger partial charge >= 0.3 is 0 Å². The molecule has 2 aromatic heterocycles. The number of aryl methyl sites for hydroxylation is 1. The van der Waals surface area contributed by atoms with Crippen LogP contribution in [-0.2, 0) is 6.42 Å². The summed E-state index contributed by atoms with van der Waals surface area (Å²) >= 11 is 0. The predicted octanol–water partition coefficient (Wildman–Crippen LogP) is 1.11. The molecular formula is C9H16N6. The second-order valence-corrected chi connectivity index (χ2v) is 2.70. The van der Waals surface area contributed by atoms with E-state index in [9.17, 15) is 0 Å². The highest BCUT2D eigenvalue weighted by atomic mass is 15.1. The Balaban J connectivity index is 0.000000531. The molecule has 15 heavy (non-hydrogen) atoms. The topological polar surface area (TPSA) is 106 Å². The number of rotatable bonds is 1. The molecule has 0 fully saturated rings. The Morgan fingerprint density at radius 1 is 1.13 bits per heavy atom. The molecule has 0 bridgehead atoms. The monoisotopic (exact) mass is 208 g/mol. The van der Waals surface area contributed by atoms with Crippen LogP contribution in [0.25, 0.3) is 11.2 Å². The fourth-order valence-electron chi connectivity index (χ4n) is 1.15. The van der Waals surface area contributed by atoms with E-state index in [-0.39, 0.29) is 5.95 Å². The number of hydrogen-bond acceptors (Lipinski definition) is 5. The Bertz CT molecular complexity index is 447. The smallest absolute Gasteiger partial charge is 0.224 e. The summed E-state index contributed by atoms with van der Waals surface area (Å²) in [5, 5.41) is 0. The van der Waals surface area contributed by atoms with Crippen molar-refractivity contribution in [3.63, 3.8) is 0 Å². The second-order valence-electron chi connectivity index (χ2n) is 2.70. The van der Waals surface area contributed by atoms with Crippen LogP contribution in [0.3, 0.4) is 0 Å². The van der Waals surface area contributed by atoms with Gasteiger partial charge in [0.25, 0.3) is 0 Å². The standard InChI is InChI=1S/C7H10N6.C2H6/c1-2-3-10-4-5(8)12-7(9)13-6(4)11-3;1-2/h2H2,1H3,(H5,8,9,10,11,12,13);1-2H3. The molecule has 0 saturated carbocycles. The highest BCUT2D eigenvalue weighted by molar-refractivity contribution is 5.82. The van der Waals surface area contributed by atoms with Crippen LogP contribution in [0.15, 0.2) is 0 Å². The predicted molar refractivity (Wildman–Crippen MR) is 61.2 cm³/mol. The Labute approximate surface area is 88.1 Å². The summed E-state index contributed by atoms with van der Waals surface area (Å²) in [6.45, 7) is 5.99. The van der Waals surface area contributed by atoms with Crippen LogP contribution in [0.1, 0.15) is 26.6 Å². The lowest BCUT2D eigenvalue weighted by Crippen LogP contribution is -1.99. The molecule has 0 aliphatic rings. The third-order valence-corrected chi connectivity index (χ3v) is 1.78. The number of fused-ring (bicyclic) bond motifs is 1. The van der Waals surface area contributed by atoms with E-state index in [1.807, 2.05) is 20.8 Å². The zero-order valence-corrected chi connectivity index (χ0v) is 9.20. The third-order valence-electron chi connectivity index (χ3n) is 1.78. The molecule has 6 heteroatoms. The molecule has 2 rings (SSSR count). The van der Waals surface area contributed by atoms with E-state index in [0.29, 0.717) is 17.0 Å². The first kappa shape index (κ1) is 11.2. The summed E-state index contributed by atoms with van der Waals surface area (Å²) in [7, 11) is 0. The summed E-state index contributed by atoms with van der Waals surface area (Å²) < 4.78 is 0. The van der Waals surface area contributed by atoms with Crippen molar-refractivity contribution < 1.29 is 0 Å². The Morgan fingerprint density at radius 2 is 1.80 bits per heavy atom. The number of hydrogen-bond donors (Lipinski definition) is 3. The molecule has 5 N–H and O–H groups in total. The number of aromatic amines is 1. The highest BCUT2D eigenvalue weighted by Gasteiger charge is 2.07. The van der Waals surface area contributed by atoms with E-state index in [4.69, 9.17) is 11.5 Å². The third kappa shape index (κ3) is 2.15. The number of anilines is 2. The average molecular weight is 208 g/mol. The summed E-state index contributed by atoms with van der Waals surface area (Å²) in [5.41, 5.74) is 12.2. The molecule has 82 valence electrons. The Morgan fingerprint density at radius 3 is 2.40 bits per heavy atom. The maximum absolute atomic E-state index is 5.62. The zero-order chi connectivity index (χ0) is 11.4. The normalized spacial score (nSPS) is 9.80. The van der Waals surface area contributed by atoms with E-state index in [2.05, 4.69) is 19.9 Å². The molecule has 2 aromatic rings. The number of nitrogens with zero attached hydrogens (tertiary/aromatic N) is 3. The van der Waals surface area contributed by atoms with Crippen LogP contribution in [0.5, 0.6) is 0 Å². The lowest BCUT2D eigenvalue weighted by molar-refractivity contribution is 0.998. The number of imidazole rings is 1. The van der Waals surface area contributed by atoms with Gasteiger partial charge in [0.05, 0.1) is 0 Å². The van der Waals surface area contributed by atoms with Crippen LogP contribution in [-0.4, -0.2) is 19.9 Å². The summed E-state index contributed by atoms with van der Waals surface area (Å²) in [4.78, 5) is 15.0. The van der Waals surface area contributed by atoms with Gasteiger partial charge in [-0.1, -0.05) is 20.8 Å². The molecular weight excluding hydrogens is 192 g/mol. The molecule has 0 spiro atoms. The van der Waals surface area contributed by atoms with Gasteiger partial charge in [0, 0.05) is 6.42 Å². The molecule has 0 aliphatic heterocycles. The van der Waals surface area contributed by atoms with Gasteiger partial charge in [-0.15, -0.1) is 0 Å². The minimum absolute atomic E-state index is 0.152. The average Bonchev–Trinajstić information content (AvgIpc) is 2.64. The van der Waals surface area contributed by atoms with Gasteiger partial charge in [-0.05, 0) is 0 Å². The SMILES string of the molecule is CC.CCc1nc2nc(N)nc(N)c2[nH]1. The van der Waals surface area contributed by atoms with Crippen molar-refractivity contribution in [1.29, 1.82) is 0 Å². The number of nitrogens with two attached hydrogens (primary N) is 2. The van der Waals surface area contributed by atoms with Gasteiger partial charge in [-0.3, -0.25) is 0 Å². The van der Waals surface area contributed by atoms with Gasteiger partial charge in [0.15, 0.2) is 11.5 Å². The summed E-state index contributed by atoms with van der Waals surface area (Å²) in [5.74, 6) is 1.33. The largest absolute Gasteiger partial charge is 0.382 e. The first-order valence-electron chi connectivity index (χ1n) is 4.98. The molecule has 0 amide bonds. The number of nitrogen functional groups attached to an aromatic ring is 2. The maximum Gasteiger partial charge on any atom is 0.224 e. The molecule has 0 aliphatic carbocycles. The van der Waals surface area contributed by atoms with Crippen LogP contribution < -0.4 is 11.5 Å². The van der Waals surface area contributed by atoms with E-state index in [1.54, 1.807) is 0 Å². The van der Waals surface area contributed by atoms with E-state index in [0.717, 1.165) is 12.2 Å². The van der Waals surface area contributed by atoms with E-state index < -0.39 is 0 Å². The van der Waals surface area contributed by atoms with Gasteiger partial charge in [0.2, 0.25) is 5.95 Å². The van der Waals surface area contributed by atoms with Crippen molar-refractivity contribution in [2.75, 3.05) is 11.5 Å². The first-order chi connectivity index (χ1) is 7.20. The van der Waals surface area contributed by atoms with Crippen molar-refractivity contribution in [1.82, 2.24) is 19.9 Å². The minimum Gasteiger partial charge on any atom is -0.382 e. The molecule has 6 nitrogen and oxygen atoms in total. The van der Waals surface area contributed by atoms with Gasteiger partial charge in [0.1, 0.15) is 11.3 Å². The van der Waals surface area contributed by atoms with Gasteiger partial charge in [-0.25, -0.2) is 4.98 Å². The van der Waals surface area contributed by atoms with Crippen molar-refractivity contribution in [3.05, 3.63) is 5.82 Å². The lowest BCUT2D eigenvalue weighted by Gasteiger charge is -1.94. The van der Waals surface area contributed by atoms with Crippen molar-refractivity contribution in [2.45, 2.75) is 27.2 Å². The van der Waals surface area contributed by atoms with Crippen molar-refractivity contribution >= 4 is 22.9 Å². The molecule has 0 radical (unpaired) electrons. The van der Waals surface area contributed by atoms with Crippen LogP contribution in [0.4, 0.5) is 11.8 Å². The molecule has 0 unspecified atom stereocenters. The van der Waals surface area contributed by atoms with Gasteiger partial charge < -0.3 is 16.5 Å². The second kappa shape index (κ2) is 4.59. The van der Waals surface area contributed by atoms with Crippen LogP contribution in [0.2, 0.25) is 0 Å². The fraction of sp³-hybridized carbons (Fsp3) is 0.444. The van der Waals surface area contributed by atoms with E-state index in [1.165, 1.54) is 0 Å². The quantitative estimate of drug-likeness (QED) is 0.650. The first-order valence-corrected chi connectivity index (χ1v) is 4.98. The molecule has 0 aromatic carbocycles. The summed E-state index contributed by atoms with van der Waals surface area (Å²) in [6.07, 6.45) is 0.801. The van der Waals surface area contributed by atoms with Crippen LogP contribution in [0, 0.1) is 0 Å². The molecule has 0 saturated heterocycles. The maximum atomic E-state index is 5.62.